The molecule has 3 heterocycles. The number of aliphatic hydroxyl groups excluding tert-OH is 3. The summed E-state index contributed by atoms with van der Waals surface area (Å²) >= 11 is 0. The maximum absolute atomic E-state index is 10.1. The summed E-state index contributed by atoms with van der Waals surface area (Å²) in [6, 6.07) is 0. The number of anilines is 1. The Bertz CT molecular complexity index is 677. The Labute approximate surface area is 125 Å². The molecule has 120 valence electrons. The van der Waals surface area contributed by atoms with Crippen LogP contribution in [-0.4, -0.2) is 66.4 Å². The van der Waals surface area contributed by atoms with Gasteiger partial charge in [-0.25, -0.2) is 4.98 Å². The lowest BCUT2D eigenvalue weighted by molar-refractivity contribution is -0.0511. The van der Waals surface area contributed by atoms with E-state index in [2.05, 4.69) is 15.0 Å². The van der Waals surface area contributed by atoms with Crippen LogP contribution in [0.5, 0.6) is 5.88 Å². The van der Waals surface area contributed by atoms with Crippen molar-refractivity contribution in [1.29, 1.82) is 0 Å². The van der Waals surface area contributed by atoms with E-state index in [1.54, 1.807) is 6.92 Å². The molecule has 10 heteroatoms. The third-order valence-corrected chi connectivity index (χ3v) is 3.48. The Morgan fingerprint density at radius 1 is 1.36 bits per heavy atom. The molecule has 0 spiro atoms. The van der Waals surface area contributed by atoms with Gasteiger partial charge < -0.3 is 30.5 Å². The van der Waals surface area contributed by atoms with Gasteiger partial charge in [0.1, 0.15) is 18.3 Å². The Morgan fingerprint density at radius 2 is 2.14 bits per heavy atom. The Kier molecular flexibility index (Phi) is 3.83. The molecule has 5 N–H and O–H groups in total. The number of rotatable bonds is 4. The van der Waals surface area contributed by atoms with Crippen molar-refractivity contribution in [2.24, 2.45) is 0 Å². The largest absolute Gasteiger partial charge is 0.476 e. The molecular formula is C12H17N5O5. The monoisotopic (exact) mass is 311 g/mol. The number of nitrogens with zero attached hydrogens (tertiary/aromatic N) is 4. The smallest absolute Gasteiger partial charge is 0.247 e. The van der Waals surface area contributed by atoms with Gasteiger partial charge in [-0.15, -0.1) is 0 Å². The van der Waals surface area contributed by atoms with Crippen LogP contribution in [0.2, 0.25) is 0 Å². The standard InChI is InChI=1S/C12H17N5O5/c1-2-21-10-6-9(15-12(13)16-10)17(4-14-6)11-8(20)7(19)5(3-18)22-11/h4-5,7-8,11,18-20H,2-3H2,1H3,(H2,13,15,16)/t5-,7?,8+,11-/m1/s1. The van der Waals surface area contributed by atoms with Crippen LogP contribution in [0.1, 0.15) is 13.2 Å². The molecule has 22 heavy (non-hydrogen) atoms. The van der Waals surface area contributed by atoms with Crippen molar-refractivity contribution < 1.29 is 24.8 Å². The van der Waals surface area contributed by atoms with Crippen LogP contribution in [0.15, 0.2) is 6.33 Å². The zero-order chi connectivity index (χ0) is 15.9. The van der Waals surface area contributed by atoms with Gasteiger partial charge >= 0.3 is 0 Å². The summed E-state index contributed by atoms with van der Waals surface area (Å²) < 4.78 is 12.3. The van der Waals surface area contributed by atoms with Gasteiger partial charge in [-0.2, -0.15) is 9.97 Å². The molecule has 0 bridgehead atoms. The maximum Gasteiger partial charge on any atom is 0.247 e. The van der Waals surface area contributed by atoms with Gasteiger partial charge in [0.25, 0.3) is 0 Å². The third-order valence-electron chi connectivity index (χ3n) is 3.48. The molecule has 0 radical (unpaired) electrons. The van der Waals surface area contributed by atoms with Gasteiger partial charge in [-0.1, -0.05) is 0 Å². The van der Waals surface area contributed by atoms with E-state index in [0.29, 0.717) is 17.8 Å². The van der Waals surface area contributed by atoms with E-state index in [1.807, 2.05) is 0 Å². The van der Waals surface area contributed by atoms with Gasteiger partial charge in [0.05, 0.1) is 19.5 Å². The lowest BCUT2D eigenvalue weighted by Gasteiger charge is -2.16. The molecule has 2 aromatic heterocycles. The molecule has 1 saturated heterocycles. The van der Waals surface area contributed by atoms with E-state index in [4.69, 9.17) is 20.3 Å². The Balaban J connectivity index is 2.05. The highest BCUT2D eigenvalue weighted by molar-refractivity contribution is 5.77. The first-order chi connectivity index (χ1) is 10.6. The summed E-state index contributed by atoms with van der Waals surface area (Å²) in [5.74, 6) is 0.222. The van der Waals surface area contributed by atoms with Crippen molar-refractivity contribution >= 4 is 17.1 Å². The van der Waals surface area contributed by atoms with Gasteiger partial charge in [0.2, 0.25) is 11.8 Å². The normalized spacial score (nSPS) is 28.4. The van der Waals surface area contributed by atoms with E-state index in [-0.39, 0.29) is 11.8 Å². The molecular weight excluding hydrogens is 294 g/mol. The number of aliphatic hydroxyl groups is 3. The van der Waals surface area contributed by atoms with Crippen molar-refractivity contribution in [3.63, 3.8) is 0 Å². The number of fused-ring (bicyclic) bond motifs is 1. The van der Waals surface area contributed by atoms with Crippen molar-refractivity contribution in [2.75, 3.05) is 18.9 Å². The number of hydrogen-bond acceptors (Lipinski definition) is 9. The van der Waals surface area contributed by atoms with Crippen LogP contribution in [0.4, 0.5) is 5.95 Å². The second kappa shape index (κ2) is 5.65. The van der Waals surface area contributed by atoms with E-state index in [1.165, 1.54) is 10.9 Å². The number of nitrogens with two attached hydrogens (primary N) is 1. The fourth-order valence-corrected chi connectivity index (χ4v) is 2.44. The Morgan fingerprint density at radius 3 is 2.77 bits per heavy atom. The van der Waals surface area contributed by atoms with Crippen LogP contribution in [0.25, 0.3) is 11.2 Å². The zero-order valence-corrected chi connectivity index (χ0v) is 11.8. The number of nitrogen functional groups attached to an aromatic ring is 1. The van der Waals surface area contributed by atoms with E-state index in [0.717, 1.165) is 0 Å². The summed E-state index contributed by atoms with van der Waals surface area (Å²) in [6.45, 7) is 1.77. The quantitative estimate of drug-likeness (QED) is 0.524. The van der Waals surface area contributed by atoms with Crippen molar-refractivity contribution in [1.82, 2.24) is 19.5 Å². The highest BCUT2D eigenvalue weighted by Gasteiger charge is 2.44. The highest BCUT2D eigenvalue weighted by atomic mass is 16.6. The minimum Gasteiger partial charge on any atom is -0.476 e. The van der Waals surface area contributed by atoms with E-state index < -0.39 is 31.1 Å². The Hall–Kier alpha value is -2.01. The molecule has 1 fully saturated rings. The van der Waals surface area contributed by atoms with E-state index >= 15 is 0 Å². The van der Waals surface area contributed by atoms with Crippen molar-refractivity contribution in [3.8, 4) is 5.88 Å². The van der Waals surface area contributed by atoms with Crippen LogP contribution < -0.4 is 10.5 Å². The average Bonchev–Trinajstić information content (AvgIpc) is 3.02. The first kappa shape index (κ1) is 14.9. The van der Waals surface area contributed by atoms with Crippen molar-refractivity contribution in [3.05, 3.63) is 6.33 Å². The van der Waals surface area contributed by atoms with Crippen molar-refractivity contribution in [2.45, 2.75) is 31.5 Å². The average molecular weight is 311 g/mol. The fraction of sp³-hybridized carbons (Fsp3) is 0.583. The third kappa shape index (κ3) is 2.25. The number of aromatic nitrogens is 4. The molecule has 0 aromatic carbocycles. The zero-order valence-electron chi connectivity index (χ0n) is 11.8. The fourth-order valence-electron chi connectivity index (χ4n) is 2.44. The van der Waals surface area contributed by atoms with Crippen LogP contribution >= 0.6 is 0 Å². The first-order valence-electron chi connectivity index (χ1n) is 6.82. The predicted octanol–water partition coefficient (Wildman–Crippen LogP) is -1.58. The predicted molar refractivity (Wildman–Crippen MR) is 73.9 cm³/mol. The molecule has 0 aliphatic carbocycles. The second-order valence-electron chi connectivity index (χ2n) is 4.87. The minimum absolute atomic E-state index is 0.00977. The lowest BCUT2D eigenvalue weighted by Crippen LogP contribution is -2.33. The minimum atomic E-state index is -1.23. The number of ether oxygens (including phenoxy) is 2. The van der Waals surface area contributed by atoms with Crippen LogP contribution in [0, 0.1) is 0 Å². The summed E-state index contributed by atoms with van der Waals surface area (Å²) in [4.78, 5) is 12.2. The highest BCUT2D eigenvalue weighted by Crippen LogP contribution is 2.32. The SMILES string of the molecule is CCOc1nc(N)nc2c1ncn2[C@@H]1O[C@H](CO)C(O)[C@@H]1O. The summed E-state index contributed by atoms with van der Waals surface area (Å²) in [5, 5.41) is 29.1. The topological polar surface area (TPSA) is 149 Å². The summed E-state index contributed by atoms with van der Waals surface area (Å²) in [5.41, 5.74) is 6.34. The molecule has 1 unspecified atom stereocenters. The van der Waals surface area contributed by atoms with Gasteiger partial charge in [0.15, 0.2) is 17.4 Å². The summed E-state index contributed by atoms with van der Waals surface area (Å²) in [6.07, 6.45) is -2.88. The molecule has 3 rings (SSSR count). The molecule has 0 amide bonds. The molecule has 2 aromatic rings. The van der Waals surface area contributed by atoms with E-state index in [9.17, 15) is 10.2 Å². The first-order valence-corrected chi connectivity index (χ1v) is 6.82. The number of hydrogen-bond donors (Lipinski definition) is 4. The van der Waals surface area contributed by atoms with Crippen LogP contribution in [0.3, 0.4) is 0 Å². The van der Waals surface area contributed by atoms with Crippen LogP contribution in [-0.2, 0) is 4.74 Å². The lowest BCUT2D eigenvalue weighted by atomic mass is 10.1. The molecule has 0 saturated carbocycles. The maximum atomic E-state index is 10.1. The second-order valence-corrected chi connectivity index (χ2v) is 4.87. The van der Waals surface area contributed by atoms with Gasteiger partial charge in [-0.05, 0) is 6.92 Å². The number of imidazole rings is 1. The molecule has 4 atom stereocenters. The molecule has 10 nitrogen and oxygen atoms in total. The molecule has 1 aliphatic rings. The molecule has 1 aliphatic heterocycles. The van der Waals surface area contributed by atoms with Gasteiger partial charge in [-0.3, -0.25) is 4.57 Å². The summed E-state index contributed by atoms with van der Waals surface area (Å²) in [7, 11) is 0. The van der Waals surface area contributed by atoms with Gasteiger partial charge in [0, 0.05) is 0 Å².